The number of aromatic nitrogens is 2. The number of nitrogens with one attached hydrogen (secondary N) is 1. The molecule has 0 radical (unpaired) electrons. The van der Waals surface area contributed by atoms with Crippen LogP contribution in [0.5, 0.6) is 0 Å². The molecule has 1 atom stereocenters. The Kier molecular flexibility index (Phi) is 1.89. The first-order valence-electron chi connectivity index (χ1n) is 4.48. The minimum Gasteiger partial charge on any atom is -0.319 e. The Labute approximate surface area is 72.8 Å². The highest BCUT2D eigenvalue weighted by Gasteiger charge is 2.24. The average molecular weight is 165 g/mol. The Hall–Kier alpha value is -0.830. The molecule has 3 nitrogen and oxygen atoms in total. The number of aryl methyl sites for hydroxylation is 2. The predicted octanol–water partition coefficient (Wildman–Crippen LogP) is 0.669. The minimum atomic E-state index is 0.645. The van der Waals surface area contributed by atoms with Gasteiger partial charge in [-0.25, -0.2) is 0 Å². The standard InChI is InChI=1S/C9H15N3/c1-10-5-7-3-4-8-6-12(2)11-9(7)8/h6-7,10H,3-5H2,1-2H3. The summed E-state index contributed by atoms with van der Waals surface area (Å²) in [6, 6.07) is 0. The van der Waals surface area contributed by atoms with Crippen molar-refractivity contribution >= 4 is 0 Å². The molecule has 12 heavy (non-hydrogen) atoms. The normalized spacial score (nSPS) is 21.3. The third-order valence-electron chi connectivity index (χ3n) is 2.54. The summed E-state index contributed by atoms with van der Waals surface area (Å²) in [4.78, 5) is 0. The van der Waals surface area contributed by atoms with Crippen molar-refractivity contribution in [3.8, 4) is 0 Å². The maximum atomic E-state index is 4.47. The topological polar surface area (TPSA) is 29.9 Å². The van der Waals surface area contributed by atoms with E-state index in [1.165, 1.54) is 24.1 Å². The van der Waals surface area contributed by atoms with Gasteiger partial charge >= 0.3 is 0 Å². The van der Waals surface area contributed by atoms with Gasteiger partial charge in [0.05, 0.1) is 5.69 Å². The number of likely N-dealkylation sites (N-methyl/N-ethyl adjacent to an activating group) is 1. The van der Waals surface area contributed by atoms with E-state index in [4.69, 9.17) is 0 Å². The van der Waals surface area contributed by atoms with Gasteiger partial charge in [-0.1, -0.05) is 0 Å². The highest BCUT2D eigenvalue weighted by atomic mass is 15.3. The van der Waals surface area contributed by atoms with Crippen LogP contribution in [0.15, 0.2) is 6.20 Å². The molecule has 1 aliphatic rings. The molecule has 3 heteroatoms. The van der Waals surface area contributed by atoms with E-state index in [1.54, 1.807) is 0 Å². The fourth-order valence-electron chi connectivity index (χ4n) is 2.00. The van der Waals surface area contributed by atoms with Crippen LogP contribution in [0, 0.1) is 0 Å². The first-order valence-corrected chi connectivity index (χ1v) is 4.48. The predicted molar refractivity (Wildman–Crippen MR) is 48.2 cm³/mol. The lowest BCUT2D eigenvalue weighted by Crippen LogP contribution is -2.15. The van der Waals surface area contributed by atoms with E-state index in [1.807, 2.05) is 18.8 Å². The second-order valence-corrected chi connectivity index (χ2v) is 3.51. The summed E-state index contributed by atoms with van der Waals surface area (Å²) in [5, 5.41) is 7.68. The molecular formula is C9H15N3. The van der Waals surface area contributed by atoms with Gasteiger partial charge in [-0.15, -0.1) is 0 Å². The molecule has 1 N–H and O–H groups in total. The van der Waals surface area contributed by atoms with Gasteiger partial charge < -0.3 is 5.32 Å². The second kappa shape index (κ2) is 2.90. The van der Waals surface area contributed by atoms with Crippen LogP contribution in [-0.4, -0.2) is 23.4 Å². The minimum absolute atomic E-state index is 0.645. The first kappa shape index (κ1) is 7.80. The Morgan fingerprint density at radius 2 is 2.58 bits per heavy atom. The lowest BCUT2D eigenvalue weighted by Gasteiger charge is -2.06. The van der Waals surface area contributed by atoms with Crippen molar-refractivity contribution in [3.63, 3.8) is 0 Å². The van der Waals surface area contributed by atoms with Crippen LogP contribution >= 0.6 is 0 Å². The third-order valence-corrected chi connectivity index (χ3v) is 2.54. The van der Waals surface area contributed by atoms with Crippen LogP contribution in [0.4, 0.5) is 0 Å². The van der Waals surface area contributed by atoms with Crippen LogP contribution in [0.3, 0.4) is 0 Å². The van der Waals surface area contributed by atoms with Gasteiger partial charge in [-0.05, 0) is 25.5 Å². The molecule has 0 aromatic carbocycles. The smallest absolute Gasteiger partial charge is 0.0700 e. The Balaban J connectivity index is 2.22. The SMILES string of the molecule is CNCC1CCc2cn(C)nc21. The second-order valence-electron chi connectivity index (χ2n) is 3.51. The van der Waals surface area contributed by atoms with Gasteiger partial charge in [0.25, 0.3) is 0 Å². The van der Waals surface area contributed by atoms with Crippen molar-refractivity contribution in [2.24, 2.45) is 7.05 Å². The Morgan fingerprint density at radius 1 is 1.75 bits per heavy atom. The van der Waals surface area contributed by atoms with Crippen LogP contribution < -0.4 is 5.32 Å². The van der Waals surface area contributed by atoms with Crippen LogP contribution in [0.25, 0.3) is 0 Å². The van der Waals surface area contributed by atoms with Gasteiger partial charge in [0.1, 0.15) is 0 Å². The molecule has 1 heterocycles. The zero-order valence-electron chi connectivity index (χ0n) is 7.67. The maximum Gasteiger partial charge on any atom is 0.0700 e. The molecule has 0 fully saturated rings. The zero-order valence-corrected chi connectivity index (χ0v) is 7.67. The maximum absolute atomic E-state index is 4.47. The van der Waals surface area contributed by atoms with Crippen molar-refractivity contribution in [2.75, 3.05) is 13.6 Å². The molecule has 0 aliphatic heterocycles. The van der Waals surface area contributed by atoms with Crippen molar-refractivity contribution in [1.82, 2.24) is 15.1 Å². The summed E-state index contributed by atoms with van der Waals surface area (Å²) in [6.07, 6.45) is 4.61. The largest absolute Gasteiger partial charge is 0.319 e. The third kappa shape index (κ3) is 1.14. The fourth-order valence-corrected chi connectivity index (χ4v) is 2.00. The summed E-state index contributed by atoms with van der Waals surface area (Å²) < 4.78 is 1.92. The lowest BCUT2D eigenvalue weighted by atomic mass is 10.1. The quantitative estimate of drug-likeness (QED) is 0.698. The monoisotopic (exact) mass is 165 g/mol. The first-order chi connectivity index (χ1) is 5.81. The molecule has 0 spiro atoms. The number of hydrogen-bond acceptors (Lipinski definition) is 2. The summed E-state index contributed by atoms with van der Waals surface area (Å²) in [6.45, 7) is 1.06. The zero-order chi connectivity index (χ0) is 8.55. The highest BCUT2D eigenvalue weighted by molar-refractivity contribution is 5.27. The number of hydrogen-bond donors (Lipinski definition) is 1. The molecule has 0 saturated carbocycles. The molecule has 1 aliphatic carbocycles. The fraction of sp³-hybridized carbons (Fsp3) is 0.667. The Morgan fingerprint density at radius 3 is 3.33 bits per heavy atom. The highest BCUT2D eigenvalue weighted by Crippen LogP contribution is 2.30. The van der Waals surface area contributed by atoms with Crippen molar-refractivity contribution in [1.29, 1.82) is 0 Å². The van der Waals surface area contributed by atoms with Crippen LogP contribution in [-0.2, 0) is 13.5 Å². The molecule has 1 unspecified atom stereocenters. The van der Waals surface area contributed by atoms with E-state index in [9.17, 15) is 0 Å². The lowest BCUT2D eigenvalue weighted by molar-refractivity contribution is 0.590. The molecule has 1 aromatic heterocycles. The number of nitrogens with zero attached hydrogens (tertiary/aromatic N) is 2. The van der Waals surface area contributed by atoms with E-state index < -0.39 is 0 Å². The molecule has 0 amide bonds. The van der Waals surface area contributed by atoms with Crippen molar-refractivity contribution < 1.29 is 0 Å². The summed E-state index contributed by atoms with van der Waals surface area (Å²) >= 11 is 0. The Bertz CT molecular complexity index is 277. The van der Waals surface area contributed by atoms with Crippen molar-refractivity contribution in [3.05, 3.63) is 17.5 Å². The van der Waals surface area contributed by atoms with E-state index in [0.29, 0.717) is 5.92 Å². The van der Waals surface area contributed by atoms with Gasteiger partial charge in [-0.3, -0.25) is 4.68 Å². The van der Waals surface area contributed by atoms with E-state index in [-0.39, 0.29) is 0 Å². The number of fused-ring (bicyclic) bond motifs is 1. The summed E-state index contributed by atoms with van der Waals surface area (Å²) in [5.74, 6) is 0.645. The molecule has 1 aromatic rings. The van der Waals surface area contributed by atoms with Crippen LogP contribution in [0.1, 0.15) is 23.6 Å². The van der Waals surface area contributed by atoms with E-state index >= 15 is 0 Å². The molecule has 0 saturated heterocycles. The molecular weight excluding hydrogens is 150 g/mol. The average Bonchev–Trinajstić information content (AvgIpc) is 2.52. The van der Waals surface area contributed by atoms with Crippen LogP contribution in [0.2, 0.25) is 0 Å². The van der Waals surface area contributed by atoms with Gasteiger partial charge in [0.15, 0.2) is 0 Å². The van der Waals surface area contributed by atoms with Gasteiger partial charge in [0, 0.05) is 25.7 Å². The van der Waals surface area contributed by atoms with Gasteiger partial charge in [0.2, 0.25) is 0 Å². The summed E-state index contributed by atoms with van der Waals surface area (Å²) in [7, 11) is 4.00. The number of rotatable bonds is 2. The summed E-state index contributed by atoms with van der Waals surface area (Å²) in [5.41, 5.74) is 2.75. The van der Waals surface area contributed by atoms with Gasteiger partial charge in [-0.2, -0.15) is 5.10 Å². The van der Waals surface area contributed by atoms with E-state index in [0.717, 1.165) is 6.54 Å². The van der Waals surface area contributed by atoms with Crippen molar-refractivity contribution in [2.45, 2.75) is 18.8 Å². The molecule has 2 rings (SSSR count). The molecule has 66 valence electrons. The van der Waals surface area contributed by atoms with E-state index in [2.05, 4.69) is 16.6 Å². The molecule has 0 bridgehead atoms.